The molecule has 0 radical (unpaired) electrons. The lowest BCUT2D eigenvalue weighted by Gasteiger charge is -2.22. The van der Waals surface area contributed by atoms with Crippen LogP contribution in [0.2, 0.25) is 0 Å². The highest BCUT2D eigenvalue weighted by Crippen LogP contribution is 2.11. The number of amides is 1. The summed E-state index contributed by atoms with van der Waals surface area (Å²) >= 11 is 0. The van der Waals surface area contributed by atoms with Crippen molar-refractivity contribution >= 4 is 5.91 Å². The van der Waals surface area contributed by atoms with Gasteiger partial charge >= 0.3 is 6.18 Å². The van der Waals surface area contributed by atoms with E-state index in [1.807, 2.05) is 26.1 Å². The van der Waals surface area contributed by atoms with Crippen LogP contribution in [0.25, 0.3) is 0 Å². The summed E-state index contributed by atoms with van der Waals surface area (Å²) in [5.74, 6) is -0.305. The topological polar surface area (TPSA) is 50.4 Å². The Bertz CT molecular complexity index is 245. The van der Waals surface area contributed by atoms with E-state index in [1.54, 1.807) is 0 Å². The summed E-state index contributed by atoms with van der Waals surface area (Å²) in [5.41, 5.74) is 0. The first-order valence-corrected chi connectivity index (χ1v) is 5.90. The predicted molar refractivity (Wildman–Crippen MR) is 62.2 cm³/mol. The minimum absolute atomic E-state index is 0.156. The molecule has 0 saturated carbocycles. The van der Waals surface area contributed by atoms with Crippen LogP contribution in [-0.2, 0) is 9.53 Å². The van der Waals surface area contributed by atoms with E-state index in [2.05, 4.69) is 5.32 Å². The normalized spacial score (nSPS) is 13.7. The van der Waals surface area contributed by atoms with Gasteiger partial charge in [-0.05, 0) is 12.8 Å². The van der Waals surface area contributed by atoms with E-state index in [1.165, 1.54) is 0 Å². The van der Waals surface area contributed by atoms with Gasteiger partial charge in [0.05, 0.1) is 25.7 Å². The Morgan fingerprint density at radius 2 is 1.94 bits per heavy atom. The summed E-state index contributed by atoms with van der Waals surface area (Å²) in [7, 11) is 0. The van der Waals surface area contributed by atoms with Crippen molar-refractivity contribution < 1.29 is 22.7 Å². The Morgan fingerprint density at radius 3 is 2.39 bits per heavy atom. The van der Waals surface area contributed by atoms with E-state index in [9.17, 15) is 18.0 Å². The second-order valence-electron chi connectivity index (χ2n) is 4.30. The number of rotatable bonds is 8. The number of hydrogen-bond donors (Lipinski definition) is 2. The predicted octanol–water partition coefficient (Wildman–Crippen LogP) is 1.32. The smallest absolute Gasteiger partial charge is 0.380 e. The number of carbonyl (C=O) groups is 1. The fourth-order valence-corrected chi connectivity index (χ4v) is 1.22. The van der Waals surface area contributed by atoms with Crippen LogP contribution in [-0.4, -0.2) is 44.4 Å². The SMILES string of the molecule is CCOCC(NC(=O)CNCC(F)(F)F)C(C)C. The van der Waals surface area contributed by atoms with E-state index in [-0.39, 0.29) is 18.5 Å². The molecule has 18 heavy (non-hydrogen) atoms. The van der Waals surface area contributed by atoms with E-state index >= 15 is 0 Å². The third kappa shape index (κ3) is 9.23. The number of alkyl halides is 3. The van der Waals surface area contributed by atoms with Crippen molar-refractivity contribution in [1.82, 2.24) is 10.6 Å². The number of nitrogens with one attached hydrogen (secondary N) is 2. The third-order valence-corrected chi connectivity index (χ3v) is 2.26. The Balaban J connectivity index is 3.95. The number of hydrogen-bond acceptors (Lipinski definition) is 3. The molecule has 7 heteroatoms. The van der Waals surface area contributed by atoms with Crippen LogP contribution in [0.4, 0.5) is 13.2 Å². The Labute approximate surface area is 105 Å². The fraction of sp³-hybridized carbons (Fsp3) is 0.909. The van der Waals surface area contributed by atoms with Gasteiger partial charge in [-0.3, -0.25) is 4.79 Å². The van der Waals surface area contributed by atoms with Crippen molar-refractivity contribution in [2.75, 3.05) is 26.3 Å². The molecule has 0 aliphatic heterocycles. The second-order valence-corrected chi connectivity index (χ2v) is 4.30. The van der Waals surface area contributed by atoms with Crippen molar-refractivity contribution in [3.05, 3.63) is 0 Å². The van der Waals surface area contributed by atoms with Crippen molar-refractivity contribution in [3.8, 4) is 0 Å². The Hall–Kier alpha value is -0.820. The molecule has 0 aliphatic rings. The minimum atomic E-state index is -4.30. The molecule has 0 fully saturated rings. The summed E-state index contributed by atoms with van der Waals surface area (Å²) in [4.78, 5) is 11.4. The molecule has 0 bridgehead atoms. The van der Waals surface area contributed by atoms with Crippen LogP contribution in [0.5, 0.6) is 0 Å². The first kappa shape index (κ1) is 17.2. The number of carbonyl (C=O) groups excluding carboxylic acids is 1. The average molecular weight is 270 g/mol. The molecule has 2 N–H and O–H groups in total. The van der Waals surface area contributed by atoms with Crippen LogP contribution in [0, 0.1) is 5.92 Å². The summed E-state index contributed by atoms with van der Waals surface area (Å²) in [6.45, 7) is 5.03. The third-order valence-electron chi connectivity index (χ3n) is 2.26. The summed E-state index contributed by atoms with van der Waals surface area (Å²) in [6.07, 6.45) is -4.30. The van der Waals surface area contributed by atoms with Gasteiger partial charge in [0.1, 0.15) is 0 Å². The largest absolute Gasteiger partial charge is 0.401 e. The Kier molecular flexibility index (Phi) is 7.93. The van der Waals surface area contributed by atoms with Crippen LogP contribution < -0.4 is 10.6 Å². The number of halogens is 3. The maximum atomic E-state index is 11.8. The highest BCUT2D eigenvalue weighted by molar-refractivity contribution is 5.78. The maximum absolute atomic E-state index is 11.8. The zero-order valence-electron chi connectivity index (χ0n) is 10.9. The van der Waals surface area contributed by atoms with Gasteiger partial charge < -0.3 is 15.4 Å². The molecule has 0 heterocycles. The molecular formula is C11H21F3N2O2. The van der Waals surface area contributed by atoms with Gasteiger partial charge in [-0.2, -0.15) is 13.2 Å². The standard InChI is InChI=1S/C11H21F3N2O2/c1-4-18-6-9(8(2)3)16-10(17)5-15-7-11(12,13)14/h8-9,15H,4-7H2,1-3H3,(H,16,17). The van der Waals surface area contributed by atoms with Crippen LogP contribution in [0.1, 0.15) is 20.8 Å². The quantitative estimate of drug-likeness (QED) is 0.699. The van der Waals surface area contributed by atoms with Crippen molar-refractivity contribution in [1.29, 1.82) is 0 Å². The first-order valence-electron chi connectivity index (χ1n) is 5.90. The molecule has 1 atom stereocenters. The van der Waals surface area contributed by atoms with E-state index in [0.717, 1.165) is 0 Å². The molecule has 4 nitrogen and oxygen atoms in total. The van der Waals surface area contributed by atoms with Crippen molar-refractivity contribution in [2.45, 2.75) is 33.0 Å². The summed E-state index contributed by atoms with van der Waals surface area (Å²) in [5, 5.41) is 4.69. The lowest BCUT2D eigenvalue weighted by molar-refractivity contribution is -0.129. The molecule has 0 spiro atoms. The van der Waals surface area contributed by atoms with E-state index < -0.39 is 18.6 Å². The summed E-state index contributed by atoms with van der Waals surface area (Å²) in [6, 6.07) is -0.190. The van der Waals surface area contributed by atoms with Gasteiger partial charge in [0, 0.05) is 6.61 Å². The lowest BCUT2D eigenvalue weighted by atomic mass is 10.1. The van der Waals surface area contributed by atoms with Gasteiger partial charge in [0.25, 0.3) is 0 Å². The second kappa shape index (κ2) is 8.31. The highest BCUT2D eigenvalue weighted by atomic mass is 19.4. The van der Waals surface area contributed by atoms with Crippen LogP contribution >= 0.6 is 0 Å². The molecule has 0 saturated heterocycles. The zero-order valence-corrected chi connectivity index (χ0v) is 10.9. The molecule has 1 amide bonds. The molecule has 0 rings (SSSR count). The van der Waals surface area contributed by atoms with Gasteiger partial charge in [-0.25, -0.2) is 0 Å². The molecule has 0 aromatic carbocycles. The van der Waals surface area contributed by atoms with E-state index in [4.69, 9.17) is 4.74 Å². The highest BCUT2D eigenvalue weighted by Gasteiger charge is 2.26. The summed E-state index contributed by atoms with van der Waals surface area (Å²) < 4.78 is 40.7. The van der Waals surface area contributed by atoms with Gasteiger partial charge in [-0.1, -0.05) is 13.8 Å². The molecule has 0 aromatic heterocycles. The van der Waals surface area contributed by atoms with Gasteiger partial charge in [0.2, 0.25) is 5.91 Å². The van der Waals surface area contributed by atoms with Crippen molar-refractivity contribution in [2.24, 2.45) is 5.92 Å². The molecule has 0 aromatic rings. The monoisotopic (exact) mass is 270 g/mol. The molecule has 0 aliphatic carbocycles. The lowest BCUT2D eigenvalue weighted by Crippen LogP contribution is -2.46. The fourth-order valence-electron chi connectivity index (χ4n) is 1.22. The average Bonchev–Trinajstić information content (AvgIpc) is 2.21. The minimum Gasteiger partial charge on any atom is -0.380 e. The van der Waals surface area contributed by atoms with Gasteiger partial charge in [0.15, 0.2) is 0 Å². The molecule has 1 unspecified atom stereocenters. The van der Waals surface area contributed by atoms with E-state index in [0.29, 0.717) is 13.2 Å². The zero-order chi connectivity index (χ0) is 14.2. The van der Waals surface area contributed by atoms with Crippen LogP contribution in [0.15, 0.2) is 0 Å². The Morgan fingerprint density at radius 1 is 1.33 bits per heavy atom. The van der Waals surface area contributed by atoms with Crippen LogP contribution in [0.3, 0.4) is 0 Å². The molecular weight excluding hydrogens is 249 g/mol. The number of ether oxygens (including phenoxy) is 1. The van der Waals surface area contributed by atoms with Crippen molar-refractivity contribution in [3.63, 3.8) is 0 Å². The first-order chi connectivity index (χ1) is 8.26. The molecule has 108 valence electrons. The van der Waals surface area contributed by atoms with Gasteiger partial charge in [-0.15, -0.1) is 0 Å². The maximum Gasteiger partial charge on any atom is 0.401 e.